The Labute approximate surface area is 69.6 Å². The quantitative estimate of drug-likeness (QED) is 0.665. The van der Waals surface area contributed by atoms with Gasteiger partial charge < -0.3 is 9.84 Å². The van der Waals surface area contributed by atoms with E-state index < -0.39 is 0 Å². The van der Waals surface area contributed by atoms with Crippen LogP contribution in [0.2, 0.25) is 0 Å². The van der Waals surface area contributed by atoms with E-state index in [4.69, 9.17) is 10.4 Å². The van der Waals surface area contributed by atoms with Gasteiger partial charge in [-0.1, -0.05) is 6.07 Å². The molecular formula is C8H7NO3. The molecule has 0 aromatic heterocycles. The number of hydrogen-bond donors (Lipinski definition) is 1. The van der Waals surface area contributed by atoms with Crippen molar-refractivity contribution in [3.63, 3.8) is 0 Å². The second kappa shape index (κ2) is 5.74. The van der Waals surface area contributed by atoms with E-state index in [0.717, 1.165) is 0 Å². The molecule has 62 valence electrons. The summed E-state index contributed by atoms with van der Waals surface area (Å²) in [5.41, 5.74) is 0. The van der Waals surface area contributed by atoms with E-state index in [0.29, 0.717) is 12.2 Å². The number of rotatable bonds is 2. The lowest BCUT2D eigenvalue weighted by Crippen LogP contribution is -1.86. The summed E-state index contributed by atoms with van der Waals surface area (Å²) < 4.78 is 4.45. The maximum atomic E-state index is 9.78. The molecule has 0 atom stereocenters. The van der Waals surface area contributed by atoms with Crippen molar-refractivity contribution in [3.8, 4) is 18.1 Å². The van der Waals surface area contributed by atoms with Crippen LogP contribution in [0.5, 0.6) is 11.5 Å². The number of hydrogen-bond acceptors (Lipinski definition) is 4. The van der Waals surface area contributed by atoms with Crippen molar-refractivity contribution in [1.82, 2.24) is 0 Å². The van der Waals surface area contributed by atoms with Gasteiger partial charge in [0.2, 0.25) is 0 Å². The van der Waals surface area contributed by atoms with Crippen LogP contribution in [-0.2, 0) is 4.79 Å². The molecule has 0 aliphatic heterocycles. The van der Waals surface area contributed by atoms with Crippen molar-refractivity contribution < 1.29 is 14.6 Å². The summed E-state index contributed by atoms with van der Waals surface area (Å²) in [7, 11) is 0. The number of ether oxygens (including phenoxy) is 1. The summed E-state index contributed by atoms with van der Waals surface area (Å²) in [6.07, 6.45) is 0. The third-order valence-electron chi connectivity index (χ3n) is 1.00. The fourth-order valence-corrected chi connectivity index (χ4v) is 0.612. The van der Waals surface area contributed by atoms with Crippen LogP contribution >= 0.6 is 0 Å². The number of phenolic OH excluding ortho intramolecular Hbond substituents is 1. The van der Waals surface area contributed by atoms with Crippen LogP contribution in [0.25, 0.3) is 0 Å². The van der Waals surface area contributed by atoms with E-state index in [1.54, 1.807) is 12.1 Å². The van der Waals surface area contributed by atoms with Gasteiger partial charge in [-0.25, -0.2) is 5.26 Å². The molecule has 0 fully saturated rings. The Bertz CT molecular complexity index is 270. The smallest absolute Gasteiger partial charge is 0.298 e. The lowest BCUT2D eigenvalue weighted by atomic mass is 10.3. The molecule has 1 aromatic carbocycles. The molecule has 0 aliphatic rings. The summed E-state index contributed by atoms with van der Waals surface area (Å²) in [4.78, 5) is 9.78. The lowest BCUT2D eigenvalue weighted by molar-refractivity contribution is -0.120. The molecule has 0 amide bonds. The molecule has 1 N–H and O–H groups in total. The maximum Gasteiger partial charge on any atom is 0.298 e. The number of carbonyl (C=O) groups is 1. The van der Waals surface area contributed by atoms with Gasteiger partial charge in [0.1, 0.15) is 11.5 Å². The first-order chi connectivity index (χ1) is 5.83. The number of carbonyl (C=O) groups excluding carboxylic acids is 1. The third kappa shape index (κ3) is 3.22. The summed E-state index contributed by atoms with van der Waals surface area (Å²) in [6, 6.07) is 6.02. The van der Waals surface area contributed by atoms with Crippen molar-refractivity contribution in [1.29, 1.82) is 5.26 Å². The minimum absolute atomic E-state index is 0.0827. The van der Waals surface area contributed by atoms with Crippen molar-refractivity contribution in [2.75, 3.05) is 0 Å². The monoisotopic (exact) mass is 165 g/mol. The van der Waals surface area contributed by atoms with Crippen LogP contribution in [0.3, 0.4) is 0 Å². The van der Waals surface area contributed by atoms with Crippen LogP contribution in [0, 0.1) is 11.8 Å². The van der Waals surface area contributed by atoms with E-state index in [9.17, 15) is 4.79 Å². The standard InChI is InChI=1S/C7H6O3.CHN/c8-5-10-7-3-1-2-6(9)4-7;1-2/h1-5,9H;1H. The van der Waals surface area contributed by atoms with Gasteiger partial charge in [-0.2, -0.15) is 0 Å². The minimum atomic E-state index is 0.0827. The van der Waals surface area contributed by atoms with Gasteiger partial charge in [0.15, 0.2) is 0 Å². The number of aromatic hydroxyl groups is 1. The molecule has 4 nitrogen and oxygen atoms in total. The number of benzene rings is 1. The van der Waals surface area contributed by atoms with E-state index in [-0.39, 0.29) is 5.75 Å². The Morgan fingerprint density at radius 3 is 2.67 bits per heavy atom. The first kappa shape index (κ1) is 9.98. The zero-order valence-corrected chi connectivity index (χ0v) is 6.18. The molecule has 1 aromatic rings. The van der Waals surface area contributed by atoms with Crippen LogP contribution in [0.4, 0.5) is 0 Å². The van der Waals surface area contributed by atoms with Gasteiger partial charge >= 0.3 is 0 Å². The normalized spacial score (nSPS) is 7.50. The third-order valence-corrected chi connectivity index (χ3v) is 1.00. The molecule has 0 bridgehead atoms. The van der Waals surface area contributed by atoms with Gasteiger partial charge in [0.25, 0.3) is 6.47 Å². The van der Waals surface area contributed by atoms with Crippen LogP contribution in [0.1, 0.15) is 0 Å². The Kier molecular flexibility index (Phi) is 4.77. The molecule has 0 saturated heterocycles. The Hall–Kier alpha value is -2.02. The topological polar surface area (TPSA) is 70.3 Å². The predicted octanol–water partition coefficient (Wildman–Crippen LogP) is 1.07. The molecule has 0 spiro atoms. The zero-order valence-electron chi connectivity index (χ0n) is 6.18. The molecule has 0 unspecified atom stereocenters. The Morgan fingerprint density at radius 1 is 1.50 bits per heavy atom. The summed E-state index contributed by atoms with van der Waals surface area (Å²) in [5, 5.41) is 15.3. The molecule has 0 radical (unpaired) electrons. The van der Waals surface area contributed by atoms with Gasteiger partial charge in [0.05, 0.1) is 0 Å². The largest absolute Gasteiger partial charge is 0.508 e. The molecular weight excluding hydrogens is 158 g/mol. The fourth-order valence-electron chi connectivity index (χ4n) is 0.612. The predicted molar refractivity (Wildman–Crippen MR) is 41.5 cm³/mol. The Balaban J connectivity index is 0.000000561. The van der Waals surface area contributed by atoms with Crippen LogP contribution in [0.15, 0.2) is 24.3 Å². The minimum Gasteiger partial charge on any atom is -0.508 e. The summed E-state index contributed by atoms with van der Waals surface area (Å²) in [5.74, 6) is 0.425. The van der Waals surface area contributed by atoms with E-state index >= 15 is 0 Å². The molecule has 0 heterocycles. The number of nitrogens with zero attached hydrogens (tertiary/aromatic N) is 1. The highest BCUT2D eigenvalue weighted by Gasteiger charge is 1.91. The highest BCUT2D eigenvalue weighted by Crippen LogP contribution is 2.16. The highest BCUT2D eigenvalue weighted by atomic mass is 16.5. The number of nitriles is 1. The van der Waals surface area contributed by atoms with Gasteiger partial charge in [0, 0.05) is 12.6 Å². The highest BCUT2D eigenvalue weighted by molar-refractivity contribution is 5.46. The summed E-state index contributed by atoms with van der Waals surface area (Å²) in [6.45, 7) is 3.81. The van der Waals surface area contributed by atoms with Crippen LogP contribution in [-0.4, -0.2) is 11.6 Å². The fraction of sp³-hybridized carbons (Fsp3) is 0. The second-order valence-corrected chi connectivity index (χ2v) is 1.71. The van der Waals surface area contributed by atoms with Crippen molar-refractivity contribution >= 4 is 6.47 Å². The van der Waals surface area contributed by atoms with Gasteiger partial charge in [-0.3, -0.25) is 4.79 Å². The zero-order chi connectivity index (χ0) is 9.40. The molecule has 4 heteroatoms. The molecule has 12 heavy (non-hydrogen) atoms. The van der Waals surface area contributed by atoms with E-state index in [1.807, 2.05) is 0 Å². The SMILES string of the molecule is C#N.O=COc1cccc(O)c1. The van der Waals surface area contributed by atoms with E-state index in [1.165, 1.54) is 12.1 Å². The van der Waals surface area contributed by atoms with Gasteiger partial charge in [-0.15, -0.1) is 0 Å². The second-order valence-electron chi connectivity index (χ2n) is 1.71. The molecule has 1 rings (SSSR count). The average molecular weight is 165 g/mol. The lowest BCUT2D eigenvalue weighted by Gasteiger charge is -1.95. The molecule has 0 saturated carbocycles. The first-order valence-corrected chi connectivity index (χ1v) is 2.98. The first-order valence-electron chi connectivity index (χ1n) is 2.98. The van der Waals surface area contributed by atoms with Crippen LogP contribution < -0.4 is 4.74 Å². The number of phenols is 1. The summed E-state index contributed by atoms with van der Waals surface area (Å²) >= 11 is 0. The Morgan fingerprint density at radius 2 is 2.17 bits per heavy atom. The maximum absolute atomic E-state index is 9.78. The molecule has 0 aliphatic carbocycles. The van der Waals surface area contributed by atoms with Crippen molar-refractivity contribution in [2.24, 2.45) is 0 Å². The van der Waals surface area contributed by atoms with E-state index in [2.05, 4.69) is 11.3 Å². The van der Waals surface area contributed by atoms with Gasteiger partial charge in [-0.05, 0) is 12.1 Å². The average Bonchev–Trinajstić information content (AvgIpc) is 2.09. The van der Waals surface area contributed by atoms with Crippen molar-refractivity contribution in [3.05, 3.63) is 24.3 Å². The van der Waals surface area contributed by atoms with Crippen molar-refractivity contribution in [2.45, 2.75) is 0 Å².